The van der Waals surface area contributed by atoms with Gasteiger partial charge in [-0.15, -0.1) is 0 Å². The molecule has 0 amide bonds. The molecule has 80 valence electrons. The van der Waals surface area contributed by atoms with Crippen LogP contribution in [0.4, 0.5) is 0 Å². The van der Waals surface area contributed by atoms with E-state index in [1.807, 2.05) is 7.05 Å². The highest BCUT2D eigenvalue weighted by atomic mass is 16.5. The van der Waals surface area contributed by atoms with Crippen molar-refractivity contribution < 1.29 is 4.74 Å². The molecule has 0 radical (unpaired) electrons. The molecule has 0 aliphatic rings. The van der Waals surface area contributed by atoms with E-state index >= 15 is 0 Å². The Morgan fingerprint density at radius 1 is 1.08 bits per heavy atom. The summed E-state index contributed by atoms with van der Waals surface area (Å²) in [6.45, 7) is 13.9. The minimum Gasteiger partial charge on any atom is -0.380 e. The highest BCUT2D eigenvalue weighted by molar-refractivity contribution is 4.81. The fourth-order valence-electron chi connectivity index (χ4n) is 0.718. The first-order valence-corrected chi connectivity index (χ1v) is 5.03. The minimum absolute atomic E-state index is 0.237. The van der Waals surface area contributed by atoms with Crippen LogP contribution in [0, 0.1) is 10.8 Å². The first-order valence-electron chi connectivity index (χ1n) is 5.03. The fraction of sp³-hybridized carbons (Fsp3) is 1.00. The molecule has 0 aromatic heterocycles. The summed E-state index contributed by atoms with van der Waals surface area (Å²) in [5, 5.41) is 3.07. The lowest BCUT2D eigenvalue weighted by Crippen LogP contribution is -2.35. The molecule has 1 N–H and O–H groups in total. The second-order valence-electron chi connectivity index (χ2n) is 5.29. The Labute approximate surface area is 83.1 Å². The second kappa shape index (κ2) is 4.97. The molecule has 0 saturated carbocycles. The zero-order valence-corrected chi connectivity index (χ0v) is 10.0. The lowest BCUT2D eigenvalue weighted by atomic mass is 9.70. The summed E-state index contributed by atoms with van der Waals surface area (Å²) < 4.78 is 5.60. The summed E-state index contributed by atoms with van der Waals surface area (Å²) in [5.41, 5.74) is 0.535. The van der Waals surface area contributed by atoms with E-state index in [-0.39, 0.29) is 5.41 Å². The number of hydrogen-bond donors (Lipinski definition) is 1. The zero-order chi connectivity index (χ0) is 10.5. The molecule has 13 heavy (non-hydrogen) atoms. The molecule has 0 spiro atoms. The molecule has 0 saturated heterocycles. The van der Waals surface area contributed by atoms with E-state index in [1.54, 1.807) is 0 Å². The van der Waals surface area contributed by atoms with Crippen molar-refractivity contribution in [2.75, 3.05) is 26.8 Å². The normalized spacial score (nSPS) is 13.4. The van der Waals surface area contributed by atoms with Gasteiger partial charge in [-0.25, -0.2) is 0 Å². The van der Waals surface area contributed by atoms with Gasteiger partial charge in [0.15, 0.2) is 0 Å². The maximum Gasteiger partial charge on any atom is 0.0591 e. The van der Waals surface area contributed by atoms with E-state index in [2.05, 4.69) is 39.9 Å². The summed E-state index contributed by atoms with van der Waals surface area (Å²) in [7, 11) is 1.94. The number of nitrogens with one attached hydrogen (secondary N) is 1. The van der Waals surface area contributed by atoms with Gasteiger partial charge in [-0.1, -0.05) is 34.6 Å². The lowest BCUT2D eigenvalue weighted by Gasteiger charge is -2.38. The molecule has 0 atom stereocenters. The largest absolute Gasteiger partial charge is 0.380 e. The molecule has 0 fully saturated rings. The monoisotopic (exact) mass is 187 g/mol. The summed E-state index contributed by atoms with van der Waals surface area (Å²) in [6.07, 6.45) is 0. The van der Waals surface area contributed by atoms with Gasteiger partial charge in [-0.05, 0) is 17.9 Å². The van der Waals surface area contributed by atoms with Gasteiger partial charge >= 0.3 is 0 Å². The van der Waals surface area contributed by atoms with Crippen molar-refractivity contribution in [1.29, 1.82) is 0 Å². The summed E-state index contributed by atoms with van der Waals surface area (Å²) in [4.78, 5) is 0. The molecule has 0 aliphatic carbocycles. The summed E-state index contributed by atoms with van der Waals surface area (Å²) in [6, 6.07) is 0. The molecule has 0 rings (SSSR count). The zero-order valence-electron chi connectivity index (χ0n) is 10.0. The van der Waals surface area contributed by atoms with Crippen LogP contribution in [0.25, 0.3) is 0 Å². The van der Waals surface area contributed by atoms with Crippen LogP contribution in [-0.2, 0) is 4.74 Å². The van der Waals surface area contributed by atoms with Crippen LogP contribution < -0.4 is 5.32 Å². The molecule has 0 aliphatic heterocycles. The quantitative estimate of drug-likeness (QED) is 0.667. The lowest BCUT2D eigenvalue weighted by molar-refractivity contribution is 0.00119. The van der Waals surface area contributed by atoms with Gasteiger partial charge in [0.25, 0.3) is 0 Å². The van der Waals surface area contributed by atoms with Gasteiger partial charge in [-0.2, -0.15) is 0 Å². The third-order valence-electron chi connectivity index (χ3n) is 2.99. The van der Waals surface area contributed by atoms with E-state index in [4.69, 9.17) is 4.74 Å². The van der Waals surface area contributed by atoms with Crippen LogP contribution in [0.15, 0.2) is 0 Å². The predicted octanol–water partition coefficient (Wildman–Crippen LogP) is 2.29. The summed E-state index contributed by atoms with van der Waals surface area (Å²) >= 11 is 0. The van der Waals surface area contributed by atoms with Crippen LogP contribution >= 0.6 is 0 Å². The minimum atomic E-state index is 0.237. The Morgan fingerprint density at radius 2 is 1.62 bits per heavy atom. The van der Waals surface area contributed by atoms with Gasteiger partial charge in [0, 0.05) is 6.54 Å². The molecule has 0 heterocycles. The topological polar surface area (TPSA) is 21.3 Å². The van der Waals surface area contributed by atoms with Crippen molar-refractivity contribution >= 4 is 0 Å². The predicted molar refractivity (Wildman–Crippen MR) is 58.0 cm³/mol. The molecule has 0 aromatic carbocycles. The van der Waals surface area contributed by atoms with Crippen LogP contribution in [0.5, 0.6) is 0 Å². The number of likely N-dealkylation sites (N-methyl/N-ethyl adjacent to an activating group) is 1. The molecular weight excluding hydrogens is 162 g/mol. The van der Waals surface area contributed by atoms with E-state index < -0.39 is 0 Å². The molecule has 2 heteroatoms. The Hall–Kier alpha value is -0.0800. The first kappa shape index (κ1) is 12.9. The number of rotatable bonds is 5. The van der Waals surface area contributed by atoms with Crippen molar-refractivity contribution in [3.8, 4) is 0 Å². The Balaban J connectivity index is 3.77. The molecule has 0 bridgehead atoms. The molecular formula is C11H25NO. The van der Waals surface area contributed by atoms with E-state index in [1.165, 1.54) is 0 Å². The van der Waals surface area contributed by atoms with Crippen molar-refractivity contribution in [2.45, 2.75) is 34.6 Å². The van der Waals surface area contributed by atoms with Crippen molar-refractivity contribution in [3.63, 3.8) is 0 Å². The van der Waals surface area contributed by atoms with Crippen LogP contribution in [0.2, 0.25) is 0 Å². The number of ether oxygens (including phenoxy) is 1. The smallest absolute Gasteiger partial charge is 0.0591 e. The third-order valence-corrected chi connectivity index (χ3v) is 2.99. The van der Waals surface area contributed by atoms with E-state index in [0.717, 1.165) is 19.8 Å². The van der Waals surface area contributed by atoms with Gasteiger partial charge in [0.1, 0.15) is 0 Å². The number of hydrogen-bond acceptors (Lipinski definition) is 2. The van der Waals surface area contributed by atoms with E-state index in [0.29, 0.717) is 5.41 Å². The van der Waals surface area contributed by atoms with Crippen LogP contribution in [0.1, 0.15) is 34.6 Å². The van der Waals surface area contributed by atoms with E-state index in [9.17, 15) is 0 Å². The molecule has 0 aromatic rings. The molecule has 0 unspecified atom stereocenters. The Kier molecular flexibility index (Phi) is 4.93. The van der Waals surface area contributed by atoms with Crippen molar-refractivity contribution in [1.82, 2.24) is 5.32 Å². The highest BCUT2D eigenvalue weighted by Crippen LogP contribution is 2.37. The van der Waals surface area contributed by atoms with Gasteiger partial charge in [0.05, 0.1) is 13.2 Å². The molecule has 2 nitrogen and oxygen atoms in total. The Bertz CT molecular complexity index is 136. The average molecular weight is 187 g/mol. The summed E-state index contributed by atoms with van der Waals surface area (Å²) in [5.74, 6) is 0. The maximum atomic E-state index is 5.60. The average Bonchev–Trinajstić information content (AvgIpc) is 1.96. The Morgan fingerprint density at radius 3 is 2.00 bits per heavy atom. The van der Waals surface area contributed by atoms with Crippen LogP contribution in [0.3, 0.4) is 0 Å². The van der Waals surface area contributed by atoms with Gasteiger partial charge < -0.3 is 10.1 Å². The SMILES string of the molecule is CNCCOCC(C)(C)C(C)(C)C. The maximum absolute atomic E-state index is 5.60. The standard InChI is InChI=1S/C11H25NO/c1-10(2,3)11(4,5)9-13-8-7-12-6/h12H,7-9H2,1-6H3. The first-order chi connectivity index (χ1) is 5.81. The second-order valence-corrected chi connectivity index (χ2v) is 5.29. The van der Waals surface area contributed by atoms with Gasteiger partial charge in [0.2, 0.25) is 0 Å². The van der Waals surface area contributed by atoms with Gasteiger partial charge in [-0.3, -0.25) is 0 Å². The third kappa shape index (κ3) is 4.63. The fourth-order valence-corrected chi connectivity index (χ4v) is 0.718. The van der Waals surface area contributed by atoms with Crippen molar-refractivity contribution in [2.24, 2.45) is 10.8 Å². The van der Waals surface area contributed by atoms with Crippen LogP contribution in [-0.4, -0.2) is 26.8 Å². The highest BCUT2D eigenvalue weighted by Gasteiger charge is 2.32. The van der Waals surface area contributed by atoms with Crippen molar-refractivity contribution in [3.05, 3.63) is 0 Å².